The predicted molar refractivity (Wildman–Crippen MR) is 97.1 cm³/mol. The fourth-order valence-corrected chi connectivity index (χ4v) is 3.69. The molecule has 24 heavy (non-hydrogen) atoms. The van der Waals surface area contributed by atoms with Crippen molar-refractivity contribution < 1.29 is 14.4 Å². The maximum Gasteiger partial charge on any atom is 0.279 e. The van der Waals surface area contributed by atoms with Crippen molar-refractivity contribution in [2.24, 2.45) is 0 Å². The molecule has 5 nitrogen and oxygen atoms in total. The van der Waals surface area contributed by atoms with Crippen LogP contribution in [0.1, 0.15) is 26.3 Å². The van der Waals surface area contributed by atoms with Gasteiger partial charge in [0.05, 0.1) is 20.5 Å². The van der Waals surface area contributed by atoms with Crippen molar-refractivity contribution >= 4 is 63.9 Å². The number of ketones is 1. The third-order valence-corrected chi connectivity index (χ3v) is 5.66. The van der Waals surface area contributed by atoms with Crippen molar-refractivity contribution in [1.29, 1.82) is 0 Å². The molecule has 126 valence electrons. The van der Waals surface area contributed by atoms with Crippen LogP contribution in [-0.2, 0) is 4.79 Å². The van der Waals surface area contributed by atoms with E-state index in [2.05, 4.69) is 10.9 Å². The van der Waals surface area contributed by atoms with E-state index < -0.39 is 11.8 Å². The highest BCUT2D eigenvalue weighted by Crippen LogP contribution is 2.29. The standard InChI is InChI=1S/C15H12Cl2N2O3S2/c1-8(20)11-4-5-12(24-11)15(22)19-18-14(21)7-23-13-6-9(16)2-3-10(13)17/h2-6H,7H2,1H3,(H,18,21)(H,19,22). The average Bonchev–Trinajstić information content (AvgIpc) is 3.03. The summed E-state index contributed by atoms with van der Waals surface area (Å²) in [4.78, 5) is 36.4. The number of amides is 2. The predicted octanol–water partition coefficient (Wildman–Crippen LogP) is 3.81. The number of rotatable bonds is 5. The summed E-state index contributed by atoms with van der Waals surface area (Å²) in [5, 5.41) is 1.02. The topological polar surface area (TPSA) is 75.3 Å². The maximum atomic E-state index is 11.9. The van der Waals surface area contributed by atoms with E-state index in [1.165, 1.54) is 24.8 Å². The molecule has 0 aliphatic rings. The zero-order valence-corrected chi connectivity index (χ0v) is 15.5. The smallest absolute Gasteiger partial charge is 0.279 e. The van der Waals surface area contributed by atoms with Gasteiger partial charge >= 0.3 is 0 Å². The van der Waals surface area contributed by atoms with Crippen molar-refractivity contribution in [3.8, 4) is 0 Å². The van der Waals surface area contributed by atoms with Gasteiger partial charge in [0, 0.05) is 9.92 Å². The van der Waals surface area contributed by atoms with Crippen molar-refractivity contribution in [3.05, 3.63) is 50.1 Å². The van der Waals surface area contributed by atoms with Crippen LogP contribution in [0.2, 0.25) is 10.0 Å². The van der Waals surface area contributed by atoms with Gasteiger partial charge in [0.25, 0.3) is 5.91 Å². The van der Waals surface area contributed by atoms with Gasteiger partial charge in [-0.05, 0) is 37.3 Å². The van der Waals surface area contributed by atoms with E-state index in [0.717, 1.165) is 11.3 Å². The van der Waals surface area contributed by atoms with Crippen molar-refractivity contribution in [2.75, 3.05) is 5.75 Å². The Morgan fingerprint density at radius 3 is 2.46 bits per heavy atom. The second kappa shape index (κ2) is 8.53. The molecule has 1 aromatic heterocycles. The van der Waals surface area contributed by atoms with Crippen LogP contribution >= 0.6 is 46.3 Å². The monoisotopic (exact) mass is 402 g/mol. The van der Waals surface area contributed by atoms with E-state index in [-0.39, 0.29) is 11.5 Å². The lowest BCUT2D eigenvalue weighted by molar-refractivity contribution is -0.119. The van der Waals surface area contributed by atoms with Gasteiger partial charge in [-0.2, -0.15) is 0 Å². The number of hydrazine groups is 1. The van der Waals surface area contributed by atoms with Crippen LogP contribution < -0.4 is 10.9 Å². The summed E-state index contributed by atoms with van der Waals surface area (Å²) in [5.74, 6) is -0.930. The molecule has 9 heteroatoms. The summed E-state index contributed by atoms with van der Waals surface area (Å²) in [5.41, 5.74) is 4.61. The molecule has 1 aromatic carbocycles. The lowest BCUT2D eigenvalue weighted by Gasteiger charge is -2.07. The van der Waals surface area contributed by atoms with Crippen molar-refractivity contribution in [3.63, 3.8) is 0 Å². The molecule has 0 atom stereocenters. The third kappa shape index (κ3) is 5.24. The summed E-state index contributed by atoms with van der Waals surface area (Å²) in [7, 11) is 0. The van der Waals surface area contributed by atoms with Crippen molar-refractivity contribution in [2.45, 2.75) is 11.8 Å². The van der Waals surface area contributed by atoms with Gasteiger partial charge in [0.15, 0.2) is 5.78 Å². The van der Waals surface area contributed by atoms with Crippen LogP contribution in [0.15, 0.2) is 35.2 Å². The Hall–Kier alpha value is -1.54. The first-order chi connectivity index (χ1) is 11.4. The number of thiophene rings is 1. The van der Waals surface area contributed by atoms with E-state index in [9.17, 15) is 14.4 Å². The van der Waals surface area contributed by atoms with Gasteiger partial charge < -0.3 is 0 Å². The summed E-state index contributed by atoms with van der Waals surface area (Å²) >= 11 is 14.1. The van der Waals surface area contributed by atoms with Crippen LogP contribution in [0.3, 0.4) is 0 Å². The molecule has 2 N–H and O–H groups in total. The highest BCUT2D eigenvalue weighted by atomic mass is 35.5. The molecule has 0 saturated carbocycles. The molecule has 0 saturated heterocycles. The van der Waals surface area contributed by atoms with Crippen molar-refractivity contribution in [1.82, 2.24) is 10.9 Å². The largest absolute Gasteiger partial charge is 0.294 e. The quantitative estimate of drug-likeness (QED) is 0.452. The minimum absolute atomic E-state index is 0.0590. The van der Waals surface area contributed by atoms with E-state index in [1.807, 2.05) is 0 Å². The molecule has 0 unspecified atom stereocenters. The van der Waals surface area contributed by atoms with E-state index in [0.29, 0.717) is 24.7 Å². The molecular formula is C15H12Cl2N2O3S2. The second-order valence-electron chi connectivity index (χ2n) is 4.59. The number of thioether (sulfide) groups is 1. The molecule has 1 heterocycles. The van der Waals surface area contributed by atoms with E-state index >= 15 is 0 Å². The first kappa shape index (κ1) is 18.8. The fraction of sp³-hybridized carbons (Fsp3) is 0.133. The number of nitrogens with one attached hydrogen (secondary N) is 2. The summed E-state index contributed by atoms with van der Waals surface area (Å²) in [6.07, 6.45) is 0. The zero-order valence-electron chi connectivity index (χ0n) is 12.4. The van der Waals surface area contributed by atoms with Gasteiger partial charge in [0.1, 0.15) is 0 Å². The fourth-order valence-electron chi connectivity index (χ4n) is 1.60. The Labute approximate surface area is 156 Å². The van der Waals surface area contributed by atoms with Gasteiger partial charge in [0.2, 0.25) is 5.91 Å². The molecule has 2 rings (SSSR count). The van der Waals surface area contributed by atoms with Gasteiger partial charge in [-0.1, -0.05) is 23.2 Å². The zero-order chi connectivity index (χ0) is 17.7. The van der Waals surface area contributed by atoms with E-state index in [4.69, 9.17) is 23.2 Å². The number of carbonyl (C=O) groups excluding carboxylic acids is 3. The van der Waals surface area contributed by atoms with Crippen LogP contribution in [-0.4, -0.2) is 23.4 Å². The lowest BCUT2D eigenvalue weighted by atomic mass is 10.3. The molecule has 0 radical (unpaired) electrons. The minimum atomic E-state index is -0.480. The summed E-state index contributed by atoms with van der Waals surface area (Å²) in [6, 6.07) is 8.07. The molecule has 2 aromatic rings. The van der Waals surface area contributed by atoms with Crippen LogP contribution in [0.25, 0.3) is 0 Å². The van der Waals surface area contributed by atoms with Gasteiger partial charge in [-0.25, -0.2) is 0 Å². The highest BCUT2D eigenvalue weighted by molar-refractivity contribution is 8.00. The SMILES string of the molecule is CC(=O)c1ccc(C(=O)NNC(=O)CSc2cc(Cl)ccc2Cl)s1. The van der Waals surface area contributed by atoms with Gasteiger partial charge in [-0.3, -0.25) is 25.2 Å². The normalized spacial score (nSPS) is 10.3. The first-order valence-electron chi connectivity index (χ1n) is 6.64. The maximum absolute atomic E-state index is 11.9. The number of carbonyl (C=O) groups is 3. The Morgan fingerprint density at radius 2 is 1.79 bits per heavy atom. The highest BCUT2D eigenvalue weighted by Gasteiger charge is 2.12. The minimum Gasteiger partial charge on any atom is -0.294 e. The summed E-state index contributed by atoms with van der Waals surface area (Å²) in [6.45, 7) is 1.42. The number of halogens is 2. The lowest BCUT2D eigenvalue weighted by Crippen LogP contribution is -2.42. The molecule has 2 amide bonds. The van der Waals surface area contributed by atoms with Crippen LogP contribution in [0, 0.1) is 0 Å². The average molecular weight is 403 g/mol. The Morgan fingerprint density at radius 1 is 1.08 bits per heavy atom. The van der Waals surface area contributed by atoms with E-state index in [1.54, 1.807) is 24.3 Å². The molecule has 0 bridgehead atoms. The number of hydrogen-bond acceptors (Lipinski definition) is 5. The molecule has 0 fully saturated rings. The molecule has 0 aliphatic carbocycles. The summed E-state index contributed by atoms with van der Waals surface area (Å²) < 4.78 is 0. The van der Waals surface area contributed by atoms with Gasteiger partial charge in [-0.15, -0.1) is 23.1 Å². The van der Waals surface area contributed by atoms with Crippen LogP contribution in [0.5, 0.6) is 0 Å². The second-order valence-corrected chi connectivity index (χ2v) is 7.53. The molecular weight excluding hydrogens is 391 g/mol. The Balaban J connectivity index is 1.83. The Kier molecular flexibility index (Phi) is 6.68. The number of benzene rings is 1. The van der Waals surface area contributed by atoms with Crippen LogP contribution in [0.4, 0.5) is 0 Å². The third-order valence-electron chi connectivity index (χ3n) is 2.74. The Bertz CT molecular complexity index is 793. The number of Topliss-reactive ketones (excluding diaryl/α,β-unsaturated/α-hetero) is 1. The first-order valence-corrected chi connectivity index (χ1v) is 9.20. The molecule has 0 spiro atoms. The molecule has 0 aliphatic heterocycles. The number of hydrogen-bond donors (Lipinski definition) is 2.